The SMILES string of the molecule is CC1=C(c2ccccc2)[N+](=O)[C@@](C)(c2ccc(Cl)cc2)N1[O-]. The van der Waals surface area contributed by atoms with E-state index in [9.17, 15) is 10.1 Å². The molecular weight excluding hydrogens is 300 g/mol. The molecule has 3 rings (SSSR count). The van der Waals surface area contributed by atoms with Gasteiger partial charge in [0.1, 0.15) is 0 Å². The van der Waals surface area contributed by atoms with Crippen LogP contribution < -0.4 is 0 Å². The maximum Gasteiger partial charge on any atom is 0.306 e. The molecule has 0 saturated carbocycles. The summed E-state index contributed by atoms with van der Waals surface area (Å²) in [6, 6.07) is 16.0. The zero-order valence-electron chi connectivity index (χ0n) is 12.3. The van der Waals surface area contributed by atoms with Gasteiger partial charge in [-0.15, -0.1) is 0 Å². The Labute approximate surface area is 133 Å². The van der Waals surface area contributed by atoms with E-state index in [1.54, 1.807) is 38.1 Å². The van der Waals surface area contributed by atoms with Gasteiger partial charge in [0.15, 0.2) is 0 Å². The maximum atomic E-state index is 12.9. The van der Waals surface area contributed by atoms with Crippen molar-refractivity contribution >= 4 is 17.3 Å². The van der Waals surface area contributed by atoms with Gasteiger partial charge in [0.05, 0.1) is 16.0 Å². The number of allylic oxidation sites excluding steroid dienone is 1. The Kier molecular flexibility index (Phi) is 3.51. The van der Waals surface area contributed by atoms with Crippen LogP contribution in [0.25, 0.3) is 5.70 Å². The highest BCUT2D eigenvalue weighted by molar-refractivity contribution is 6.30. The molecule has 2 aromatic carbocycles. The molecule has 22 heavy (non-hydrogen) atoms. The van der Waals surface area contributed by atoms with E-state index in [1.165, 1.54) is 0 Å². The summed E-state index contributed by atoms with van der Waals surface area (Å²) in [4.78, 5) is 12.9. The smallest absolute Gasteiger partial charge is 0.306 e. The van der Waals surface area contributed by atoms with Crippen LogP contribution in [0, 0.1) is 10.1 Å². The monoisotopic (exact) mass is 314 g/mol. The van der Waals surface area contributed by atoms with Crippen LogP contribution >= 0.6 is 11.6 Å². The van der Waals surface area contributed by atoms with Gasteiger partial charge in [-0.3, -0.25) is 0 Å². The van der Waals surface area contributed by atoms with E-state index in [2.05, 4.69) is 0 Å². The van der Waals surface area contributed by atoms with Gasteiger partial charge in [-0.25, -0.2) is 0 Å². The second-order valence-electron chi connectivity index (χ2n) is 5.42. The van der Waals surface area contributed by atoms with E-state index in [0.29, 0.717) is 22.0 Å². The standard InChI is InChI=1S/C17H15ClN2O2/c1-12-16(13-6-4-3-5-7-13)20(22)17(2,19(12)21)14-8-10-15(18)11-9-14/h3-11H,1-2H3/t17-/m0/s1. The first-order valence-electron chi connectivity index (χ1n) is 6.93. The Morgan fingerprint density at radius 2 is 1.68 bits per heavy atom. The van der Waals surface area contributed by atoms with E-state index in [1.807, 2.05) is 30.3 Å². The Morgan fingerprint density at radius 1 is 1.09 bits per heavy atom. The number of hydrogen-bond donors (Lipinski definition) is 0. The number of nitrogens with zero attached hydrogens (tertiary/aromatic N) is 2. The molecule has 0 aliphatic carbocycles. The number of hydroxylamine groups is 2. The second-order valence-corrected chi connectivity index (χ2v) is 5.85. The molecule has 0 bridgehead atoms. The van der Waals surface area contributed by atoms with Crippen molar-refractivity contribution in [1.82, 2.24) is 5.06 Å². The van der Waals surface area contributed by atoms with Gasteiger partial charge < -0.3 is 10.3 Å². The molecule has 0 spiro atoms. The largest absolute Gasteiger partial charge is 0.753 e. The molecule has 5 heteroatoms. The fourth-order valence-corrected chi connectivity index (χ4v) is 2.92. The van der Waals surface area contributed by atoms with Gasteiger partial charge in [-0.1, -0.05) is 29.8 Å². The van der Waals surface area contributed by atoms with Crippen molar-refractivity contribution in [2.75, 3.05) is 0 Å². The highest BCUT2D eigenvalue weighted by atomic mass is 35.5. The molecule has 0 fully saturated rings. The lowest BCUT2D eigenvalue weighted by Crippen LogP contribution is -2.41. The van der Waals surface area contributed by atoms with Crippen molar-refractivity contribution < 1.29 is 4.76 Å². The number of hydrogen-bond acceptors (Lipinski definition) is 3. The van der Waals surface area contributed by atoms with Crippen LogP contribution in [-0.2, 0) is 5.66 Å². The summed E-state index contributed by atoms with van der Waals surface area (Å²) in [7, 11) is 0. The van der Waals surface area contributed by atoms with Gasteiger partial charge in [0.2, 0.25) is 0 Å². The van der Waals surface area contributed by atoms with Crippen LogP contribution in [0.5, 0.6) is 0 Å². The van der Waals surface area contributed by atoms with Crippen LogP contribution in [-0.4, -0.2) is 9.82 Å². The molecule has 2 aromatic rings. The first-order valence-corrected chi connectivity index (χ1v) is 7.31. The van der Waals surface area contributed by atoms with Gasteiger partial charge in [-0.05, 0) is 43.3 Å². The second kappa shape index (κ2) is 5.23. The minimum absolute atomic E-state index is 0.396. The zero-order valence-corrected chi connectivity index (χ0v) is 13.0. The zero-order chi connectivity index (χ0) is 15.9. The molecule has 0 aromatic heterocycles. The van der Waals surface area contributed by atoms with Crippen molar-refractivity contribution in [3.63, 3.8) is 0 Å². The van der Waals surface area contributed by atoms with Crippen molar-refractivity contribution in [2.24, 2.45) is 0 Å². The van der Waals surface area contributed by atoms with Crippen molar-refractivity contribution in [1.29, 1.82) is 0 Å². The van der Waals surface area contributed by atoms with Crippen LogP contribution in [0.1, 0.15) is 25.0 Å². The molecule has 0 N–H and O–H groups in total. The normalized spacial score (nSPS) is 21.6. The Bertz CT molecular complexity index is 756. The average molecular weight is 315 g/mol. The summed E-state index contributed by atoms with van der Waals surface area (Å²) in [6.07, 6.45) is 0. The van der Waals surface area contributed by atoms with Crippen LogP contribution in [0.15, 0.2) is 60.3 Å². The third-order valence-electron chi connectivity index (χ3n) is 4.08. The van der Waals surface area contributed by atoms with E-state index in [0.717, 1.165) is 15.4 Å². The fraction of sp³-hybridized carbons (Fsp3) is 0.176. The number of nitroso groups, excluding NO2 is 1. The molecule has 1 aliphatic rings. The number of rotatable bonds is 2. The fourth-order valence-electron chi connectivity index (χ4n) is 2.79. The summed E-state index contributed by atoms with van der Waals surface area (Å²) < 4.78 is 0.786. The quantitative estimate of drug-likeness (QED) is 0.767. The van der Waals surface area contributed by atoms with E-state index < -0.39 is 5.66 Å². The molecule has 1 aliphatic heterocycles. The summed E-state index contributed by atoms with van der Waals surface area (Å²) in [5.74, 6) is 0. The molecule has 1 heterocycles. The van der Waals surface area contributed by atoms with Crippen molar-refractivity contribution in [3.05, 3.63) is 86.6 Å². The Hall–Kier alpha value is -2.17. The lowest BCUT2D eigenvalue weighted by atomic mass is 10.0. The summed E-state index contributed by atoms with van der Waals surface area (Å²) in [6.45, 7) is 3.29. The molecule has 0 unspecified atom stereocenters. The predicted octanol–water partition coefficient (Wildman–Crippen LogP) is 4.49. The summed E-state index contributed by atoms with van der Waals surface area (Å²) >= 11 is 5.90. The Morgan fingerprint density at radius 3 is 2.27 bits per heavy atom. The maximum absolute atomic E-state index is 12.9. The van der Waals surface area contributed by atoms with Gasteiger partial charge >= 0.3 is 5.66 Å². The highest BCUT2D eigenvalue weighted by Crippen LogP contribution is 2.43. The predicted molar refractivity (Wildman–Crippen MR) is 86.7 cm³/mol. The summed E-state index contributed by atoms with van der Waals surface area (Å²) in [5, 5.41) is 14.0. The Balaban J connectivity index is 2.11. The van der Waals surface area contributed by atoms with Crippen molar-refractivity contribution in [2.45, 2.75) is 19.5 Å². The van der Waals surface area contributed by atoms with Crippen LogP contribution in [0.2, 0.25) is 5.02 Å². The minimum atomic E-state index is -1.33. The molecule has 0 saturated heterocycles. The molecule has 0 amide bonds. The third kappa shape index (κ3) is 2.03. The topological polar surface area (TPSA) is 46.4 Å². The van der Waals surface area contributed by atoms with Crippen molar-refractivity contribution in [3.8, 4) is 0 Å². The van der Waals surface area contributed by atoms with Gasteiger partial charge in [0.25, 0.3) is 5.70 Å². The highest BCUT2D eigenvalue weighted by Gasteiger charge is 2.54. The first-order chi connectivity index (χ1) is 10.5. The molecule has 1 atom stereocenters. The minimum Gasteiger partial charge on any atom is -0.753 e. The van der Waals surface area contributed by atoms with E-state index in [4.69, 9.17) is 11.6 Å². The van der Waals surface area contributed by atoms with E-state index in [-0.39, 0.29) is 0 Å². The molecular formula is C17H15ClN2O2. The average Bonchev–Trinajstić information content (AvgIpc) is 2.71. The van der Waals surface area contributed by atoms with Crippen LogP contribution in [0.4, 0.5) is 0 Å². The number of halogens is 1. The first kappa shape index (κ1) is 14.8. The van der Waals surface area contributed by atoms with Gasteiger partial charge in [0, 0.05) is 22.4 Å². The molecule has 112 valence electrons. The lowest BCUT2D eigenvalue weighted by Gasteiger charge is -2.35. The molecule has 0 radical (unpaired) electrons. The third-order valence-corrected chi connectivity index (χ3v) is 4.33. The van der Waals surface area contributed by atoms with Crippen LogP contribution in [0.3, 0.4) is 0 Å². The molecule has 4 nitrogen and oxygen atoms in total. The van der Waals surface area contributed by atoms with Gasteiger partial charge in [-0.2, -0.15) is 0 Å². The number of benzene rings is 2. The lowest BCUT2D eigenvalue weighted by molar-refractivity contribution is -0.565. The van der Waals surface area contributed by atoms with E-state index >= 15 is 0 Å². The summed E-state index contributed by atoms with van der Waals surface area (Å²) in [5.41, 5.74) is 0.798.